The van der Waals surface area contributed by atoms with Crippen LogP contribution < -0.4 is 26.4 Å². The van der Waals surface area contributed by atoms with E-state index < -0.39 is 6.15 Å². The molecule has 0 atom stereocenters. The molecule has 0 unspecified atom stereocenters. The van der Waals surface area contributed by atoms with E-state index in [9.17, 15) is 0 Å². The Balaban J connectivity index is 0.000000275. The maximum absolute atomic E-state index is 2.26. The quantitative estimate of drug-likeness (QED) is 0.299. The van der Waals surface area contributed by atoms with E-state index in [-0.39, 0.29) is 0 Å². The van der Waals surface area contributed by atoms with Crippen molar-refractivity contribution in [3.8, 4) is 0 Å². The standard InChI is InChI=1S/C24H20B.C6H11N2/c1-5-13-21(14-6-1)25(22-15-7-2-8-16-22,23-17-9-3-10-18-23)24-19-11-4-12-20-24;1-3-8-5-4-7(2)6-8/h1-20H;4-6H,3H2,1-2H3/q-1;+1. The van der Waals surface area contributed by atoms with Crippen LogP contribution in [-0.2, 0) is 13.6 Å². The molecule has 0 saturated carbocycles. The zero-order valence-electron chi connectivity index (χ0n) is 19.5. The molecular formula is C30H31BN2. The molecule has 0 aliphatic carbocycles. The molecule has 33 heavy (non-hydrogen) atoms. The Kier molecular flexibility index (Phi) is 7.21. The van der Waals surface area contributed by atoms with E-state index in [0.29, 0.717) is 0 Å². The predicted molar refractivity (Wildman–Crippen MR) is 141 cm³/mol. The molecule has 0 radical (unpaired) electrons. The zero-order valence-corrected chi connectivity index (χ0v) is 19.5. The lowest BCUT2D eigenvalue weighted by atomic mass is 9.13. The first kappa shape index (κ1) is 22.4. The van der Waals surface area contributed by atoms with Gasteiger partial charge >= 0.3 is 0 Å². The lowest BCUT2D eigenvalue weighted by molar-refractivity contribution is -0.671. The van der Waals surface area contributed by atoms with E-state index in [1.165, 1.54) is 21.9 Å². The number of aromatic nitrogens is 2. The number of hydrogen-bond donors (Lipinski definition) is 0. The first-order valence-electron chi connectivity index (χ1n) is 11.6. The molecule has 0 aliphatic heterocycles. The summed E-state index contributed by atoms with van der Waals surface area (Å²) in [6, 6.07) is 43.5. The van der Waals surface area contributed by atoms with Crippen molar-refractivity contribution < 1.29 is 4.57 Å². The second-order valence-electron chi connectivity index (χ2n) is 8.42. The van der Waals surface area contributed by atoms with Gasteiger partial charge in [0.05, 0.1) is 13.6 Å². The summed E-state index contributed by atoms with van der Waals surface area (Å²) in [7, 11) is 2.02. The number of benzene rings is 4. The number of imidazole rings is 1. The highest BCUT2D eigenvalue weighted by Crippen LogP contribution is 2.09. The van der Waals surface area contributed by atoms with Gasteiger partial charge in [0.2, 0.25) is 6.33 Å². The fourth-order valence-corrected chi connectivity index (χ4v) is 4.81. The first-order valence-corrected chi connectivity index (χ1v) is 11.6. The van der Waals surface area contributed by atoms with Gasteiger partial charge < -0.3 is 0 Å². The van der Waals surface area contributed by atoms with Crippen LogP contribution in [0.5, 0.6) is 0 Å². The van der Waals surface area contributed by atoms with Crippen LogP contribution in [0.1, 0.15) is 6.92 Å². The van der Waals surface area contributed by atoms with Crippen LogP contribution in [0.2, 0.25) is 0 Å². The van der Waals surface area contributed by atoms with Crippen molar-refractivity contribution in [2.75, 3.05) is 0 Å². The van der Waals surface area contributed by atoms with E-state index in [2.05, 4.69) is 145 Å². The van der Waals surface area contributed by atoms with Gasteiger partial charge in [-0.25, -0.2) is 9.13 Å². The fourth-order valence-electron chi connectivity index (χ4n) is 4.81. The highest BCUT2D eigenvalue weighted by atomic mass is 15.1. The van der Waals surface area contributed by atoms with Gasteiger partial charge in [-0.3, -0.25) is 0 Å². The molecule has 0 fully saturated rings. The number of nitrogens with zero attached hydrogens (tertiary/aromatic N) is 2. The topological polar surface area (TPSA) is 8.81 Å². The summed E-state index contributed by atoms with van der Waals surface area (Å²) in [5, 5.41) is 0. The van der Waals surface area contributed by atoms with Crippen molar-refractivity contribution in [2.45, 2.75) is 13.5 Å². The van der Waals surface area contributed by atoms with Crippen molar-refractivity contribution in [1.82, 2.24) is 4.57 Å². The molecular weight excluding hydrogens is 399 g/mol. The van der Waals surface area contributed by atoms with Crippen LogP contribution in [0.3, 0.4) is 0 Å². The largest absolute Gasteiger partial charge is 0.243 e. The van der Waals surface area contributed by atoms with Crippen LogP contribution >= 0.6 is 0 Å². The van der Waals surface area contributed by atoms with E-state index in [1.807, 2.05) is 17.8 Å². The Morgan fingerprint density at radius 2 is 0.909 bits per heavy atom. The Hall–Kier alpha value is -3.85. The molecule has 0 N–H and O–H groups in total. The van der Waals surface area contributed by atoms with Crippen molar-refractivity contribution in [3.05, 3.63) is 140 Å². The Morgan fingerprint density at radius 1 is 0.576 bits per heavy atom. The molecule has 1 aromatic heterocycles. The third kappa shape index (κ3) is 4.83. The highest BCUT2D eigenvalue weighted by molar-refractivity contribution is 7.19. The van der Waals surface area contributed by atoms with Crippen LogP contribution in [0.4, 0.5) is 0 Å². The van der Waals surface area contributed by atoms with Crippen LogP contribution in [0.15, 0.2) is 140 Å². The smallest absolute Gasteiger partial charge is 0.240 e. The second-order valence-corrected chi connectivity index (χ2v) is 8.42. The molecule has 3 heteroatoms. The molecule has 1 heterocycles. The molecule has 5 rings (SSSR count). The molecule has 0 bridgehead atoms. The van der Waals surface area contributed by atoms with Crippen molar-refractivity contribution in [1.29, 1.82) is 0 Å². The van der Waals surface area contributed by atoms with Gasteiger partial charge in [0.25, 0.3) is 0 Å². The Bertz CT molecular complexity index is 1070. The van der Waals surface area contributed by atoms with Crippen molar-refractivity contribution in [3.63, 3.8) is 0 Å². The minimum absolute atomic E-state index is 1.06. The molecule has 4 aromatic carbocycles. The van der Waals surface area contributed by atoms with Gasteiger partial charge in [0.15, 0.2) is 0 Å². The monoisotopic (exact) mass is 430 g/mol. The normalized spacial score (nSPS) is 10.8. The van der Waals surface area contributed by atoms with Gasteiger partial charge in [0, 0.05) is 0 Å². The molecule has 2 nitrogen and oxygen atoms in total. The Labute approximate surface area is 197 Å². The molecule has 0 amide bonds. The van der Waals surface area contributed by atoms with Crippen molar-refractivity contribution >= 4 is 28.0 Å². The fraction of sp³-hybridized carbons (Fsp3) is 0.100. The number of aryl methyl sites for hydroxylation is 2. The van der Waals surface area contributed by atoms with Gasteiger partial charge in [0.1, 0.15) is 18.5 Å². The second kappa shape index (κ2) is 10.6. The average molecular weight is 430 g/mol. The third-order valence-electron chi connectivity index (χ3n) is 6.39. The summed E-state index contributed by atoms with van der Waals surface area (Å²) in [4.78, 5) is 0. The van der Waals surface area contributed by atoms with E-state index >= 15 is 0 Å². The van der Waals surface area contributed by atoms with Gasteiger partial charge in [-0.15, -0.1) is 0 Å². The van der Waals surface area contributed by atoms with Crippen LogP contribution in [0.25, 0.3) is 0 Å². The SMILES string of the molecule is CCn1cc[n+](C)c1.c1ccc([B-](c2ccccc2)(c2ccccc2)c2ccccc2)cc1. The highest BCUT2D eigenvalue weighted by Gasteiger charge is 2.30. The molecule has 0 saturated heterocycles. The molecule has 5 aromatic rings. The summed E-state index contributed by atoms with van der Waals surface area (Å²) in [6.45, 7) is 3.18. The number of hydrogen-bond acceptors (Lipinski definition) is 0. The lowest BCUT2D eigenvalue weighted by Gasteiger charge is -2.44. The zero-order chi connectivity index (χ0) is 22.9. The van der Waals surface area contributed by atoms with E-state index in [4.69, 9.17) is 0 Å². The first-order chi connectivity index (χ1) is 16.2. The van der Waals surface area contributed by atoms with E-state index in [0.717, 1.165) is 6.54 Å². The predicted octanol–water partition coefficient (Wildman–Crippen LogP) is 3.40. The van der Waals surface area contributed by atoms with Gasteiger partial charge in [-0.05, 0) is 6.92 Å². The lowest BCUT2D eigenvalue weighted by Crippen LogP contribution is -2.74. The number of rotatable bonds is 5. The Morgan fingerprint density at radius 3 is 1.12 bits per heavy atom. The van der Waals surface area contributed by atoms with Crippen LogP contribution in [0, 0.1) is 0 Å². The summed E-state index contributed by atoms with van der Waals surface area (Å²) in [6.07, 6.45) is 4.93. The minimum Gasteiger partial charge on any atom is -0.240 e. The van der Waals surface area contributed by atoms with Gasteiger partial charge in [-0.2, -0.15) is 21.9 Å². The molecule has 0 spiro atoms. The summed E-state index contributed by atoms with van der Waals surface area (Å²) in [5.41, 5.74) is 5.36. The van der Waals surface area contributed by atoms with Crippen molar-refractivity contribution in [2.24, 2.45) is 7.05 Å². The average Bonchev–Trinajstić information content (AvgIpc) is 3.33. The van der Waals surface area contributed by atoms with Gasteiger partial charge in [-0.1, -0.05) is 121 Å². The maximum atomic E-state index is 2.26. The summed E-state index contributed by atoms with van der Waals surface area (Å²) < 4.78 is 4.16. The summed E-state index contributed by atoms with van der Waals surface area (Å²) >= 11 is 0. The van der Waals surface area contributed by atoms with E-state index in [1.54, 1.807) is 0 Å². The van der Waals surface area contributed by atoms with Crippen LogP contribution in [-0.4, -0.2) is 10.7 Å². The summed E-state index contributed by atoms with van der Waals surface area (Å²) in [5.74, 6) is 0. The maximum Gasteiger partial charge on any atom is 0.243 e. The molecule has 0 aliphatic rings. The minimum atomic E-state index is -1.22. The molecule has 164 valence electrons. The third-order valence-corrected chi connectivity index (χ3v) is 6.39.